The standard InChI is InChI=1S/C20H18N6O4S2/c1-13-8-6-7-11-15(13)18(27)22-19-23-24-20(31-19)32(28,29)26(2)12-16-21-17(25-30-16)14-9-4-3-5-10-14/h3-11H,12H2,1-2H3,(H,22,23,27). The molecule has 0 saturated carbocycles. The lowest BCUT2D eigenvalue weighted by molar-refractivity contribution is 0.102. The smallest absolute Gasteiger partial charge is 0.272 e. The van der Waals surface area contributed by atoms with E-state index >= 15 is 0 Å². The van der Waals surface area contributed by atoms with Gasteiger partial charge < -0.3 is 4.52 Å². The fourth-order valence-corrected chi connectivity index (χ4v) is 4.99. The Morgan fingerprint density at radius 1 is 1.09 bits per heavy atom. The molecular weight excluding hydrogens is 452 g/mol. The van der Waals surface area contributed by atoms with Crippen LogP contribution >= 0.6 is 11.3 Å². The van der Waals surface area contributed by atoms with Crippen LogP contribution in [0.1, 0.15) is 21.8 Å². The molecule has 0 radical (unpaired) electrons. The van der Waals surface area contributed by atoms with Crippen molar-refractivity contribution < 1.29 is 17.7 Å². The van der Waals surface area contributed by atoms with Crippen molar-refractivity contribution in [3.8, 4) is 11.4 Å². The van der Waals surface area contributed by atoms with Crippen LogP contribution in [0.25, 0.3) is 11.4 Å². The first-order valence-corrected chi connectivity index (χ1v) is 11.6. The van der Waals surface area contributed by atoms with E-state index in [1.54, 1.807) is 25.1 Å². The van der Waals surface area contributed by atoms with Crippen LogP contribution in [0.3, 0.4) is 0 Å². The molecule has 164 valence electrons. The van der Waals surface area contributed by atoms with Crippen LogP contribution in [0.4, 0.5) is 5.13 Å². The van der Waals surface area contributed by atoms with Gasteiger partial charge in [0.2, 0.25) is 21.2 Å². The van der Waals surface area contributed by atoms with Gasteiger partial charge in [0.05, 0.1) is 6.54 Å². The highest BCUT2D eigenvalue weighted by molar-refractivity contribution is 7.91. The average Bonchev–Trinajstić information content (AvgIpc) is 3.45. The summed E-state index contributed by atoms with van der Waals surface area (Å²) in [5.41, 5.74) is 2.01. The van der Waals surface area contributed by atoms with Gasteiger partial charge in [-0.05, 0) is 18.6 Å². The molecule has 2 aromatic carbocycles. The maximum absolute atomic E-state index is 12.9. The predicted octanol–water partition coefficient (Wildman–Crippen LogP) is 2.97. The molecule has 12 heteroatoms. The van der Waals surface area contributed by atoms with Crippen LogP contribution in [-0.4, -0.2) is 46.0 Å². The van der Waals surface area contributed by atoms with E-state index < -0.39 is 15.9 Å². The van der Waals surface area contributed by atoms with Crippen molar-refractivity contribution >= 4 is 32.4 Å². The summed E-state index contributed by atoms with van der Waals surface area (Å²) in [5, 5.41) is 14.1. The lowest BCUT2D eigenvalue weighted by Gasteiger charge is -2.11. The number of benzene rings is 2. The van der Waals surface area contributed by atoms with E-state index in [-0.39, 0.29) is 21.9 Å². The highest BCUT2D eigenvalue weighted by atomic mass is 32.2. The molecule has 0 unspecified atom stereocenters. The van der Waals surface area contributed by atoms with E-state index in [0.717, 1.165) is 26.8 Å². The minimum Gasteiger partial charge on any atom is -0.338 e. The SMILES string of the molecule is Cc1ccccc1C(=O)Nc1nnc(S(=O)(=O)N(C)Cc2nc(-c3ccccc3)no2)s1. The zero-order chi connectivity index (χ0) is 22.7. The van der Waals surface area contributed by atoms with Gasteiger partial charge in [0, 0.05) is 18.2 Å². The third-order valence-electron chi connectivity index (χ3n) is 4.51. The average molecular weight is 471 g/mol. The summed E-state index contributed by atoms with van der Waals surface area (Å²) in [6.45, 7) is 1.66. The number of carbonyl (C=O) groups is 1. The summed E-state index contributed by atoms with van der Waals surface area (Å²) >= 11 is 0.759. The summed E-state index contributed by atoms with van der Waals surface area (Å²) in [5.74, 6) is 0.104. The number of anilines is 1. The van der Waals surface area contributed by atoms with Crippen LogP contribution < -0.4 is 5.32 Å². The Labute approximate surface area is 188 Å². The molecule has 0 atom stereocenters. The fraction of sp³-hybridized carbons (Fsp3) is 0.150. The molecule has 32 heavy (non-hydrogen) atoms. The summed E-state index contributed by atoms with van der Waals surface area (Å²) in [4.78, 5) is 16.7. The molecule has 1 amide bonds. The summed E-state index contributed by atoms with van der Waals surface area (Å²) < 4.78 is 31.7. The van der Waals surface area contributed by atoms with Gasteiger partial charge in [-0.15, -0.1) is 10.2 Å². The number of rotatable bonds is 7. The Morgan fingerprint density at radius 2 is 1.81 bits per heavy atom. The molecule has 0 aliphatic carbocycles. The van der Waals surface area contributed by atoms with E-state index in [4.69, 9.17) is 4.52 Å². The minimum absolute atomic E-state index is 0.0781. The molecule has 0 aliphatic heterocycles. The number of hydrogen-bond donors (Lipinski definition) is 1. The van der Waals surface area contributed by atoms with Crippen LogP contribution in [0, 0.1) is 6.92 Å². The van der Waals surface area contributed by atoms with Crippen molar-refractivity contribution in [3.63, 3.8) is 0 Å². The van der Waals surface area contributed by atoms with Crippen molar-refractivity contribution in [1.82, 2.24) is 24.6 Å². The number of amides is 1. The second-order valence-electron chi connectivity index (χ2n) is 6.78. The van der Waals surface area contributed by atoms with Crippen molar-refractivity contribution in [1.29, 1.82) is 0 Å². The van der Waals surface area contributed by atoms with Crippen molar-refractivity contribution in [2.45, 2.75) is 17.8 Å². The lowest BCUT2D eigenvalue weighted by Crippen LogP contribution is -2.26. The maximum atomic E-state index is 12.9. The molecule has 2 aromatic heterocycles. The number of nitrogens with one attached hydrogen (secondary N) is 1. The highest BCUT2D eigenvalue weighted by Gasteiger charge is 2.28. The maximum Gasteiger partial charge on any atom is 0.272 e. The second-order valence-corrected chi connectivity index (χ2v) is 9.98. The van der Waals surface area contributed by atoms with Gasteiger partial charge in [0.25, 0.3) is 15.9 Å². The zero-order valence-electron chi connectivity index (χ0n) is 17.1. The number of sulfonamides is 1. The molecule has 10 nitrogen and oxygen atoms in total. The number of nitrogens with zero attached hydrogens (tertiary/aromatic N) is 5. The Balaban J connectivity index is 1.46. The third kappa shape index (κ3) is 4.56. The minimum atomic E-state index is -3.98. The third-order valence-corrected chi connectivity index (χ3v) is 7.49. The first kappa shape index (κ1) is 21.7. The molecule has 0 fully saturated rings. The topological polar surface area (TPSA) is 131 Å². The number of aromatic nitrogens is 4. The fourth-order valence-electron chi connectivity index (χ4n) is 2.79. The van der Waals surface area contributed by atoms with Gasteiger partial charge in [-0.2, -0.15) is 9.29 Å². The number of hydrogen-bond acceptors (Lipinski definition) is 9. The van der Waals surface area contributed by atoms with Crippen molar-refractivity contribution in [2.24, 2.45) is 0 Å². The highest BCUT2D eigenvalue weighted by Crippen LogP contribution is 2.24. The second kappa shape index (κ2) is 8.94. The first-order valence-electron chi connectivity index (χ1n) is 9.39. The van der Waals surface area contributed by atoms with Gasteiger partial charge in [0.1, 0.15) is 0 Å². The Bertz CT molecular complexity index is 1350. The van der Waals surface area contributed by atoms with Crippen LogP contribution in [0.15, 0.2) is 63.5 Å². The molecule has 0 saturated heterocycles. The van der Waals surface area contributed by atoms with Crippen molar-refractivity contribution in [2.75, 3.05) is 12.4 Å². The van der Waals surface area contributed by atoms with Crippen LogP contribution in [-0.2, 0) is 16.6 Å². The summed E-state index contributed by atoms with van der Waals surface area (Å²) in [6.07, 6.45) is 0. The van der Waals surface area contributed by atoms with Crippen LogP contribution in [0.2, 0.25) is 0 Å². The normalized spacial score (nSPS) is 11.6. The van der Waals surface area contributed by atoms with Gasteiger partial charge in [-0.25, -0.2) is 8.42 Å². The van der Waals surface area contributed by atoms with Crippen molar-refractivity contribution in [3.05, 3.63) is 71.6 Å². The monoisotopic (exact) mass is 470 g/mol. The van der Waals surface area contributed by atoms with E-state index in [2.05, 4.69) is 25.7 Å². The molecule has 0 bridgehead atoms. The molecule has 1 N–H and O–H groups in total. The van der Waals surface area contributed by atoms with E-state index in [9.17, 15) is 13.2 Å². The van der Waals surface area contributed by atoms with Gasteiger partial charge in [-0.1, -0.05) is 65.0 Å². The van der Waals surface area contributed by atoms with E-state index in [1.807, 2.05) is 36.4 Å². The molecule has 4 rings (SSSR count). The summed E-state index contributed by atoms with van der Waals surface area (Å²) in [7, 11) is -2.61. The lowest BCUT2D eigenvalue weighted by atomic mass is 10.1. The Morgan fingerprint density at radius 3 is 2.56 bits per heavy atom. The largest absolute Gasteiger partial charge is 0.338 e. The number of carbonyl (C=O) groups excluding carboxylic acids is 1. The van der Waals surface area contributed by atoms with E-state index in [0.29, 0.717) is 11.4 Å². The Kier molecular flexibility index (Phi) is 6.08. The Hall–Kier alpha value is -3.48. The molecule has 0 spiro atoms. The zero-order valence-corrected chi connectivity index (χ0v) is 18.7. The first-order chi connectivity index (χ1) is 15.3. The molecule has 4 aromatic rings. The predicted molar refractivity (Wildman–Crippen MR) is 117 cm³/mol. The molecule has 2 heterocycles. The molecular formula is C20H18N6O4S2. The van der Waals surface area contributed by atoms with Gasteiger partial charge in [-0.3, -0.25) is 10.1 Å². The van der Waals surface area contributed by atoms with Crippen LogP contribution in [0.5, 0.6) is 0 Å². The number of aryl methyl sites for hydroxylation is 1. The summed E-state index contributed by atoms with van der Waals surface area (Å²) in [6, 6.07) is 16.2. The quantitative estimate of drug-likeness (QED) is 0.408. The van der Waals surface area contributed by atoms with E-state index in [1.165, 1.54) is 7.05 Å². The van der Waals surface area contributed by atoms with Gasteiger partial charge in [0.15, 0.2) is 0 Å². The van der Waals surface area contributed by atoms with Gasteiger partial charge >= 0.3 is 0 Å². The molecule has 0 aliphatic rings.